The van der Waals surface area contributed by atoms with Gasteiger partial charge in [0.05, 0.1) is 31.7 Å². The van der Waals surface area contributed by atoms with E-state index in [-0.39, 0.29) is 17.4 Å². The number of benzene rings is 3. The summed E-state index contributed by atoms with van der Waals surface area (Å²) in [6, 6.07) is 21.7. The van der Waals surface area contributed by atoms with Crippen LogP contribution in [0.3, 0.4) is 0 Å². The minimum atomic E-state index is -1.06. The lowest BCUT2D eigenvalue weighted by Gasteiger charge is -2.55. The third-order valence-corrected chi connectivity index (χ3v) is 9.65. The Balaban J connectivity index is 1.60. The fourth-order valence-electron chi connectivity index (χ4n) is 5.67. The third-order valence-electron chi connectivity index (χ3n) is 6.96. The molecule has 1 aliphatic heterocycles. The molecule has 5 nitrogen and oxygen atoms in total. The molecule has 1 saturated heterocycles. The monoisotopic (exact) mass is 551 g/mol. The maximum Gasteiger partial charge on any atom is 0.335 e. The van der Waals surface area contributed by atoms with Crippen molar-refractivity contribution in [1.82, 2.24) is 0 Å². The van der Waals surface area contributed by atoms with Crippen molar-refractivity contribution in [2.24, 2.45) is 11.8 Å². The van der Waals surface area contributed by atoms with Crippen LogP contribution in [0.25, 0.3) is 0 Å². The average Bonchev–Trinajstić information content (AvgIpc) is 3.08. The Hall–Kier alpha value is -2.77. The van der Waals surface area contributed by atoms with E-state index in [0.717, 1.165) is 22.3 Å². The van der Waals surface area contributed by atoms with Crippen LogP contribution in [0.1, 0.15) is 32.6 Å². The number of hydrogen-bond donors (Lipinski definition) is 1. The van der Waals surface area contributed by atoms with Crippen LogP contribution >= 0.6 is 31.9 Å². The first kappa shape index (κ1) is 19.9. The van der Waals surface area contributed by atoms with E-state index in [1.807, 2.05) is 48.5 Å². The van der Waals surface area contributed by atoms with Crippen LogP contribution in [0, 0.1) is 11.8 Å². The average molecular weight is 553 g/mol. The number of anilines is 1. The molecule has 4 aliphatic rings. The quantitative estimate of drug-likeness (QED) is 0.366. The van der Waals surface area contributed by atoms with E-state index in [9.17, 15) is 19.5 Å². The molecular formula is C25H15Br2NO4. The Labute approximate surface area is 200 Å². The molecule has 0 aromatic heterocycles. The van der Waals surface area contributed by atoms with Crippen LogP contribution in [-0.2, 0) is 18.2 Å². The van der Waals surface area contributed by atoms with E-state index in [2.05, 4.69) is 31.9 Å². The summed E-state index contributed by atoms with van der Waals surface area (Å²) in [5.74, 6) is -2.97. The normalized spacial score (nSPS) is 29.5. The van der Waals surface area contributed by atoms with Gasteiger partial charge < -0.3 is 5.11 Å². The maximum atomic E-state index is 13.9. The van der Waals surface area contributed by atoms with Crippen LogP contribution in [0.5, 0.6) is 0 Å². The van der Waals surface area contributed by atoms with E-state index < -0.39 is 26.5 Å². The number of carbonyl (C=O) groups is 3. The van der Waals surface area contributed by atoms with Gasteiger partial charge in [-0.1, -0.05) is 80.4 Å². The van der Waals surface area contributed by atoms with Crippen LogP contribution < -0.4 is 4.90 Å². The smallest absolute Gasteiger partial charge is 0.335 e. The molecule has 7 heteroatoms. The second-order valence-corrected chi connectivity index (χ2v) is 10.8. The number of carbonyl (C=O) groups excluding carboxylic acids is 2. The van der Waals surface area contributed by atoms with Gasteiger partial charge in [0.15, 0.2) is 0 Å². The standard InChI is InChI=1S/C25H15Br2NO4/c26-24-15-5-1-2-6-16(15)25(27,18-8-4-3-7-17(18)24)20-19(24)21(29)28(22(20)30)14-11-9-13(10-12-14)23(31)32/h1-12,19-20H,(H,31,32)/t19-,20-,24?,25?/m1/s1. The lowest BCUT2D eigenvalue weighted by Crippen LogP contribution is -2.56. The number of nitrogens with zero attached hydrogens (tertiary/aromatic N) is 1. The molecule has 1 fully saturated rings. The van der Waals surface area contributed by atoms with Crippen molar-refractivity contribution >= 4 is 55.3 Å². The lowest BCUT2D eigenvalue weighted by molar-refractivity contribution is -0.122. The fourth-order valence-corrected chi connectivity index (χ4v) is 7.98. The molecule has 1 N–H and O–H groups in total. The van der Waals surface area contributed by atoms with Crippen LogP contribution in [-0.4, -0.2) is 22.9 Å². The van der Waals surface area contributed by atoms with Gasteiger partial charge in [-0.15, -0.1) is 0 Å². The Morgan fingerprint density at radius 1 is 0.719 bits per heavy atom. The number of halogens is 2. The number of alkyl halides is 2. The number of carboxylic acid groups (broad SMARTS) is 1. The van der Waals surface area contributed by atoms with Gasteiger partial charge >= 0.3 is 5.97 Å². The number of hydrogen-bond acceptors (Lipinski definition) is 3. The molecule has 2 bridgehead atoms. The highest BCUT2D eigenvalue weighted by molar-refractivity contribution is 9.10. The first-order chi connectivity index (χ1) is 15.3. The van der Waals surface area contributed by atoms with E-state index in [1.165, 1.54) is 29.2 Å². The summed E-state index contributed by atoms with van der Waals surface area (Å²) in [5, 5.41) is 9.20. The van der Waals surface area contributed by atoms with Crippen molar-refractivity contribution in [2.45, 2.75) is 8.65 Å². The molecule has 1 heterocycles. The van der Waals surface area contributed by atoms with Gasteiger partial charge in [-0.3, -0.25) is 9.59 Å². The van der Waals surface area contributed by atoms with Crippen molar-refractivity contribution in [3.05, 3.63) is 101 Å². The lowest BCUT2D eigenvalue weighted by atomic mass is 9.54. The van der Waals surface area contributed by atoms with Gasteiger partial charge in [-0.05, 0) is 46.5 Å². The van der Waals surface area contributed by atoms with Crippen molar-refractivity contribution in [2.75, 3.05) is 4.90 Å². The predicted molar refractivity (Wildman–Crippen MR) is 125 cm³/mol. The highest BCUT2D eigenvalue weighted by Crippen LogP contribution is 2.70. The zero-order chi connectivity index (χ0) is 22.4. The minimum Gasteiger partial charge on any atom is -0.478 e. The van der Waals surface area contributed by atoms with Gasteiger partial charge in [0.25, 0.3) is 0 Å². The number of amides is 2. The van der Waals surface area contributed by atoms with Crippen molar-refractivity contribution < 1.29 is 19.5 Å². The van der Waals surface area contributed by atoms with Gasteiger partial charge in [0, 0.05) is 0 Å². The van der Waals surface area contributed by atoms with Crippen LogP contribution in [0.15, 0.2) is 72.8 Å². The van der Waals surface area contributed by atoms with E-state index in [4.69, 9.17) is 0 Å². The van der Waals surface area contributed by atoms with Gasteiger partial charge in [0.1, 0.15) is 0 Å². The summed E-state index contributed by atoms with van der Waals surface area (Å²) in [4.78, 5) is 40.2. The van der Waals surface area contributed by atoms with E-state index >= 15 is 0 Å². The molecular weight excluding hydrogens is 538 g/mol. The Bertz CT molecular complexity index is 1230. The highest BCUT2D eigenvalue weighted by atomic mass is 79.9. The number of aromatic carboxylic acids is 1. The molecule has 3 aromatic rings. The summed E-state index contributed by atoms with van der Waals surface area (Å²) < 4.78 is -1.69. The SMILES string of the molecule is O=C(O)c1ccc(N2C(=O)[C@H]3[C@H](C2=O)C2(Br)c4ccccc4C3(Br)c3ccccc32)cc1. The third kappa shape index (κ3) is 2.16. The molecule has 2 atom stereocenters. The molecule has 3 aliphatic carbocycles. The number of imide groups is 1. The van der Waals surface area contributed by atoms with E-state index in [1.54, 1.807) is 0 Å². The molecule has 7 rings (SSSR count). The summed E-state index contributed by atoms with van der Waals surface area (Å²) in [5.41, 5.74) is 4.36. The zero-order valence-electron chi connectivity index (χ0n) is 16.5. The van der Waals surface area contributed by atoms with Gasteiger partial charge in [0.2, 0.25) is 11.8 Å². The van der Waals surface area contributed by atoms with Crippen molar-refractivity contribution in [3.63, 3.8) is 0 Å². The second kappa shape index (κ2) is 6.39. The van der Waals surface area contributed by atoms with Gasteiger partial charge in [-0.2, -0.15) is 0 Å². The molecule has 0 spiro atoms. The summed E-state index contributed by atoms with van der Waals surface area (Å²) in [6.45, 7) is 0. The molecule has 2 amide bonds. The highest BCUT2D eigenvalue weighted by Gasteiger charge is 2.72. The Morgan fingerprint density at radius 2 is 1.09 bits per heavy atom. The number of carboxylic acids is 1. The predicted octanol–water partition coefficient (Wildman–Crippen LogP) is 4.79. The Kier molecular flexibility index (Phi) is 3.97. The first-order valence-corrected chi connectivity index (χ1v) is 11.7. The molecule has 0 radical (unpaired) electrons. The summed E-state index contributed by atoms with van der Waals surface area (Å²) in [6.07, 6.45) is 0. The topological polar surface area (TPSA) is 74.7 Å². The van der Waals surface area contributed by atoms with Crippen LogP contribution in [0.4, 0.5) is 5.69 Å². The largest absolute Gasteiger partial charge is 0.478 e. The molecule has 0 saturated carbocycles. The zero-order valence-corrected chi connectivity index (χ0v) is 19.6. The maximum absolute atomic E-state index is 13.9. The van der Waals surface area contributed by atoms with Crippen molar-refractivity contribution in [3.8, 4) is 0 Å². The summed E-state index contributed by atoms with van der Waals surface area (Å²) in [7, 11) is 0. The minimum absolute atomic E-state index is 0.0964. The molecule has 32 heavy (non-hydrogen) atoms. The van der Waals surface area contributed by atoms with Crippen LogP contribution in [0.2, 0.25) is 0 Å². The molecule has 3 aromatic carbocycles. The molecule has 0 unspecified atom stereocenters. The van der Waals surface area contributed by atoms with Gasteiger partial charge in [-0.25, -0.2) is 9.69 Å². The summed E-state index contributed by atoms with van der Waals surface area (Å²) >= 11 is 7.92. The second-order valence-electron chi connectivity index (χ2n) is 8.33. The van der Waals surface area contributed by atoms with E-state index in [0.29, 0.717) is 5.69 Å². The molecule has 158 valence electrons. The van der Waals surface area contributed by atoms with Crippen molar-refractivity contribution in [1.29, 1.82) is 0 Å². The first-order valence-electron chi connectivity index (χ1n) is 10.1. The fraction of sp³-hybridized carbons (Fsp3) is 0.160. The number of rotatable bonds is 2. The Morgan fingerprint density at radius 3 is 1.44 bits per heavy atom.